The molecule has 1 heterocycles. The van der Waals surface area contributed by atoms with Crippen LogP contribution in [-0.4, -0.2) is 21.8 Å². The van der Waals surface area contributed by atoms with Gasteiger partial charge in [0.25, 0.3) is 0 Å². The molecule has 4 nitrogen and oxygen atoms in total. The maximum atomic E-state index is 12.1. The van der Waals surface area contributed by atoms with E-state index >= 15 is 0 Å². The normalized spacial score (nSPS) is 10.1. The molecule has 2 aromatic rings. The van der Waals surface area contributed by atoms with E-state index in [0.29, 0.717) is 16.8 Å². The number of carboxylic acid groups (broad SMARTS) is 1. The molecule has 4 heteroatoms. The van der Waals surface area contributed by atoms with Gasteiger partial charge in [0.1, 0.15) is 0 Å². The van der Waals surface area contributed by atoms with Crippen LogP contribution in [0.3, 0.4) is 0 Å². The first kappa shape index (κ1) is 11.1. The van der Waals surface area contributed by atoms with Crippen molar-refractivity contribution in [3.8, 4) is 0 Å². The van der Waals surface area contributed by atoms with Crippen LogP contribution in [0.4, 0.5) is 0 Å². The Kier molecular flexibility index (Phi) is 3.05. The molecule has 0 fully saturated rings. The van der Waals surface area contributed by atoms with E-state index in [9.17, 15) is 9.59 Å². The van der Waals surface area contributed by atoms with Crippen molar-refractivity contribution in [2.45, 2.75) is 6.42 Å². The fourth-order valence-corrected chi connectivity index (χ4v) is 1.66. The number of aromatic amines is 1. The number of rotatable bonds is 4. The lowest BCUT2D eigenvalue weighted by Crippen LogP contribution is -2.08. The molecule has 2 N–H and O–H groups in total. The van der Waals surface area contributed by atoms with E-state index < -0.39 is 5.97 Å². The Labute approximate surface area is 97.9 Å². The standard InChI is InChI=1S/C13H11NO3/c15-12(16)8-11-10(6-7-14-11)13(17)9-4-2-1-3-5-9/h1-7,14H,8H2,(H,15,16). The Morgan fingerprint density at radius 2 is 1.82 bits per heavy atom. The highest BCUT2D eigenvalue weighted by Gasteiger charge is 2.15. The maximum absolute atomic E-state index is 12.1. The van der Waals surface area contributed by atoms with E-state index in [-0.39, 0.29) is 12.2 Å². The van der Waals surface area contributed by atoms with Crippen molar-refractivity contribution in [1.82, 2.24) is 4.98 Å². The minimum atomic E-state index is -0.963. The monoisotopic (exact) mass is 229 g/mol. The van der Waals surface area contributed by atoms with Gasteiger partial charge in [-0.05, 0) is 6.07 Å². The van der Waals surface area contributed by atoms with Crippen LogP contribution in [0.5, 0.6) is 0 Å². The third kappa shape index (κ3) is 2.42. The van der Waals surface area contributed by atoms with Crippen molar-refractivity contribution in [3.05, 3.63) is 59.4 Å². The lowest BCUT2D eigenvalue weighted by molar-refractivity contribution is -0.136. The van der Waals surface area contributed by atoms with E-state index in [1.165, 1.54) is 0 Å². The predicted molar refractivity (Wildman–Crippen MR) is 62.0 cm³/mol. The molecule has 0 spiro atoms. The molecule has 0 saturated heterocycles. The molecule has 0 radical (unpaired) electrons. The van der Waals surface area contributed by atoms with Crippen LogP contribution in [0.25, 0.3) is 0 Å². The highest BCUT2D eigenvalue weighted by molar-refractivity contribution is 6.10. The fourth-order valence-electron chi connectivity index (χ4n) is 1.66. The van der Waals surface area contributed by atoms with Gasteiger partial charge in [-0.2, -0.15) is 0 Å². The number of benzene rings is 1. The zero-order valence-electron chi connectivity index (χ0n) is 9.01. The number of ketones is 1. The molecule has 0 bridgehead atoms. The summed E-state index contributed by atoms with van der Waals surface area (Å²) in [5.74, 6) is -1.13. The van der Waals surface area contributed by atoms with Crippen LogP contribution < -0.4 is 0 Å². The average Bonchev–Trinajstić information content (AvgIpc) is 2.76. The Morgan fingerprint density at radius 3 is 2.47 bits per heavy atom. The number of carbonyl (C=O) groups excluding carboxylic acids is 1. The van der Waals surface area contributed by atoms with Crippen LogP contribution in [0.2, 0.25) is 0 Å². The third-order valence-electron chi connectivity index (χ3n) is 2.44. The van der Waals surface area contributed by atoms with Crippen molar-refractivity contribution in [2.24, 2.45) is 0 Å². The van der Waals surface area contributed by atoms with E-state index in [2.05, 4.69) is 4.98 Å². The van der Waals surface area contributed by atoms with Crippen LogP contribution >= 0.6 is 0 Å². The molecule has 0 amide bonds. The molecule has 1 aromatic heterocycles. The third-order valence-corrected chi connectivity index (χ3v) is 2.44. The zero-order chi connectivity index (χ0) is 12.3. The van der Waals surface area contributed by atoms with Crippen LogP contribution in [0, 0.1) is 0 Å². The summed E-state index contributed by atoms with van der Waals surface area (Å²) in [6.45, 7) is 0. The highest BCUT2D eigenvalue weighted by atomic mass is 16.4. The Hall–Kier alpha value is -2.36. The number of H-pyrrole nitrogens is 1. The molecule has 1 aromatic carbocycles. The highest BCUT2D eigenvalue weighted by Crippen LogP contribution is 2.14. The second-order valence-corrected chi connectivity index (χ2v) is 3.64. The summed E-state index contributed by atoms with van der Waals surface area (Å²) in [7, 11) is 0. The number of nitrogens with one attached hydrogen (secondary N) is 1. The van der Waals surface area contributed by atoms with Crippen LogP contribution in [0.15, 0.2) is 42.6 Å². The number of aromatic nitrogens is 1. The minimum Gasteiger partial charge on any atom is -0.481 e. The van der Waals surface area contributed by atoms with E-state index in [1.807, 2.05) is 6.07 Å². The van der Waals surface area contributed by atoms with E-state index in [0.717, 1.165) is 0 Å². The van der Waals surface area contributed by atoms with E-state index in [1.54, 1.807) is 36.5 Å². The maximum Gasteiger partial charge on any atom is 0.309 e. The van der Waals surface area contributed by atoms with Crippen LogP contribution in [-0.2, 0) is 11.2 Å². The summed E-state index contributed by atoms with van der Waals surface area (Å²) >= 11 is 0. The smallest absolute Gasteiger partial charge is 0.309 e. The Morgan fingerprint density at radius 1 is 1.12 bits per heavy atom. The van der Waals surface area contributed by atoms with Gasteiger partial charge >= 0.3 is 5.97 Å². The van der Waals surface area contributed by atoms with Crippen LogP contribution in [0.1, 0.15) is 21.6 Å². The van der Waals surface area contributed by atoms with E-state index in [4.69, 9.17) is 5.11 Å². The van der Waals surface area contributed by atoms with Gasteiger partial charge in [-0.25, -0.2) is 0 Å². The topological polar surface area (TPSA) is 70.2 Å². The molecule has 0 aliphatic carbocycles. The van der Waals surface area contributed by atoms with Gasteiger partial charge in [0.05, 0.1) is 6.42 Å². The zero-order valence-corrected chi connectivity index (χ0v) is 9.01. The molecule has 0 aliphatic rings. The quantitative estimate of drug-likeness (QED) is 0.786. The Bertz CT molecular complexity index is 543. The first-order chi connectivity index (χ1) is 8.18. The van der Waals surface area contributed by atoms with Gasteiger partial charge in [0, 0.05) is 23.0 Å². The molecular formula is C13H11NO3. The molecular weight excluding hydrogens is 218 g/mol. The van der Waals surface area contributed by atoms with Gasteiger partial charge in [-0.1, -0.05) is 30.3 Å². The Balaban J connectivity index is 2.32. The van der Waals surface area contributed by atoms with Crippen molar-refractivity contribution in [3.63, 3.8) is 0 Å². The van der Waals surface area contributed by atoms with Gasteiger partial charge in [-0.15, -0.1) is 0 Å². The lowest BCUT2D eigenvalue weighted by Gasteiger charge is -2.01. The molecule has 0 atom stereocenters. The largest absolute Gasteiger partial charge is 0.481 e. The molecule has 0 saturated carbocycles. The summed E-state index contributed by atoms with van der Waals surface area (Å²) in [5.41, 5.74) is 1.41. The van der Waals surface area contributed by atoms with Crippen molar-refractivity contribution in [2.75, 3.05) is 0 Å². The van der Waals surface area contributed by atoms with Crippen molar-refractivity contribution >= 4 is 11.8 Å². The minimum absolute atomic E-state index is 0.164. The van der Waals surface area contributed by atoms with Gasteiger partial charge in [0.15, 0.2) is 5.78 Å². The summed E-state index contributed by atoms with van der Waals surface area (Å²) in [5, 5.41) is 8.73. The van der Waals surface area contributed by atoms with Gasteiger partial charge in [0.2, 0.25) is 0 Å². The van der Waals surface area contributed by atoms with Gasteiger partial charge in [-0.3, -0.25) is 9.59 Å². The second-order valence-electron chi connectivity index (χ2n) is 3.64. The molecule has 0 unspecified atom stereocenters. The predicted octanol–water partition coefficient (Wildman–Crippen LogP) is 1.87. The molecule has 0 aliphatic heterocycles. The lowest BCUT2D eigenvalue weighted by atomic mass is 10.0. The number of carbonyl (C=O) groups is 2. The summed E-state index contributed by atoms with van der Waals surface area (Å²) in [6.07, 6.45) is 1.40. The molecule has 86 valence electrons. The molecule has 2 rings (SSSR count). The van der Waals surface area contributed by atoms with Crippen molar-refractivity contribution in [1.29, 1.82) is 0 Å². The summed E-state index contributed by atoms with van der Waals surface area (Å²) in [4.78, 5) is 25.5. The molecule has 17 heavy (non-hydrogen) atoms. The first-order valence-electron chi connectivity index (χ1n) is 5.16. The summed E-state index contributed by atoms with van der Waals surface area (Å²) in [6, 6.07) is 10.4. The first-order valence-corrected chi connectivity index (χ1v) is 5.16. The SMILES string of the molecule is O=C(O)Cc1[nH]ccc1C(=O)c1ccccc1. The number of aliphatic carboxylic acids is 1. The second kappa shape index (κ2) is 4.65. The van der Waals surface area contributed by atoms with Gasteiger partial charge < -0.3 is 10.1 Å². The number of hydrogen-bond donors (Lipinski definition) is 2. The number of carboxylic acids is 1. The van der Waals surface area contributed by atoms with Crippen molar-refractivity contribution < 1.29 is 14.7 Å². The summed E-state index contributed by atoms with van der Waals surface area (Å²) < 4.78 is 0. The number of hydrogen-bond acceptors (Lipinski definition) is 2. The fraction of sp³-hybridized carbons (Fsp3) is 0.0769. The average molecular weight is 229 g/mol.